The van der Waals surface area contributed by atoms with Crippen molar-refractivity contribution >= 4 is 34.8 Å². The van der Waals surface area contributed by atoms with Crippen molar-refractivity contribution in [1.82, 2.24) is 9.78 Å². The first-order valence-corrected chi connectivity index (χ1v) is 10.1. The van der Waals surface area contributed by atoms with Gasteiger partial charge in [0.25, 0.3) is 5.91 Å². The summed E-state index contributed by atoms with van der Waals surface area (Å²) in [5.74, 6) is -0.612. The maximum absolute atomic E-state index is 13.2. The van der Waals surface area contributed by atoms with Gasteiger partial charge in [-0.25, -0.2) is 8.78 Å². The zero-order valence-corrected chi connectivity index (χ0v) is 17.8. The first kappa shape index (κ1) is 21.9. The molecule has 0 saturated carbocycles. The second kappa shape index (κ2) is 9.42. The SMILES string of the molecule is O=C(Nc1cnn(Cc2ccc(F)cc2Cl)c1)c1ccc(COc2ccc(F)cc2Cl)o1. The van der Waals surface area contributed by atoms with Crippen LogP contribution in [-0.2, 0) is 13.2 Å². The van der Waals surface area contributed by atoms with E-state index in [0.29, 0.717) is 34.3 Å². The molecule has 6 nitrogen and oxygen atoms in total. The lowest BCUT2D eigenvalue weighted by Crippen LogP contribution is -2.10. The van der Waals surface area contributed by atoms with Crippen LogP contribution in [0.2, 0.25) is 10.0 Å². The van der Waals surface area contributed by atoms with Crippen LogP contribution < -0.4 is 10.1 Å². The molecular formula is C22H15Cl2F2N3O3. The summed E-state index contributed by atoms with van der Waals surface area (Å²) in [6.07, 6.45) is 3.08. The second-order valence-corrected chi connectivity index (χ2v) is 7.56. The Kier molecular flexibility index (Phi) is 6.43. The lowest BCUT2D eigenvalue weighted by molar-refractivity contribution is 0.0992. The molecule has 0 bridgehead atoms. The van der Waals surface area contributed by atoms with Gasteiger partial charge in [0.1, 0.15) is 29.8 Å². The van der Waals surface area contributed by atoms with Crippen molar-refractivity contribution in [3.63, 3.8) is 0 Å². The quantitative estimate of drug-likeness (QED) is 0.357. The Balaban J connectivity index is 1.35. The van der Waals surface area contributed by atoms with E-state index in [4.69, 9.17) is 32.4 Å². The van der Waals surface area contributed by atoms with Crippen molar-refractivity contribution in [3.05, 3.63) is 99.7 Å². The largest absolute Gasteiger partial charge is 0.484 e. The first-order chi connectivity index (χ1) is 15.4. The van der Waals surface area contributed by atoms with Crippen LogP contribution in [0.15, 0.2) is 65.3 Å². The summed E-state index contributed by atoms with van der Waals surface area (Å²) in [6.45, 7) is 0.318. The van der Waals surface area contributed by atoms with Crippen molar-refractivity contribution in [2.24, 2.45) is 0 Å². The highest BCUT2D eigenvalue weighted by Gasteiger charge is 2.14. The van der Waals surface area contributed by atoms with Crippen LogP contribution in [0.4, 0.5) is 14.5 Å². The van der Waals surface area contributed by atoms with Crippen LogP contribution >= 0.6 is 23.2 Å². The van der Waals surface area contributed by atoms with Crippen LogP contribution in [-0.4, -0.2) is 15.7 Å². The van der Waals surface area contributed by atoms with Crippen LogP contribution in [0.25, 0.3) is 0 Å². The maximum Gasteiger partial charge on any atom is 0.291 e. The Morgan fingerprint density at radius 3 is 2.56 bits per heavy atom. The van der Waals surface area contributed by atoms with Gasteiger partial charge in [-0.3, -0.25) is 9.48 Å². The Bertz CT molecular complexity index is 1270. The molecule has 4 rings (SSSR count). The zero-order valence-electron chi connectivity index (χ0n) is 16.3. The molecule has 0 unspecified atom stereocenters. The number of nitrogens with one attached hydrogen (secondary N) is 1. The standard InChI is InChI=1S/C22H15Cl2F2N3O3/c23-18-7-14(25)2-1-13(18)10-29-11-16(9-27-29)28-22(30)21-6-4-17(32-21)12-31-20-5-3-15(26)8-19(20)24/h1-9,11H,10,12H2,(H,28,30). The number of amides is 1. The van der Waals surface area contributed by atoms with Gasteiger partial charge in [-0.05, 0) is 48.0 Å². The fourth-order valence-corrected chi connectivity index (χ4v) is 3.30. The van der Waals surface area contributed by atoms with Gasteiger partial charge in [-0.1, -0.05) is 29.3 Å². The molecule has 0 aliphatic carbocycles. The number of carbonyl (C=O) groups excluding carboxylic acids is 1. The molecule has 0 aliphatic heterocycles. The number of carbonyl (C=O) groups is 1. The van der Waals surface area contributed by atoms with Gasteiger partial charge >= 0.3 is 0 Å². The van der Waals surface area contributed by atoms with Crippen LogP contribution in [0.1, 0.15) is 21.9 Å². The predicted octanol–water partition coefficient (Wildman–Crippen LogP) is 5.94. The molecular weight excluding hydrogens is 463 g/mol. The first-order valence-electron chi connectivity index (χ1n) is 9.31. The summed E-state index contributed by atoms with van der Waals surface area (Å²) < 4.78 is 38.8. The fraction of sp³-hybridized carbons (Fsp3) is 0.0909. The number of nitrogens with zero attached hydrogens (tertiary/aromatic N) is 2. The Hall–Kier alpha value is -3.36. The molecule has 4 aromatic rings. The second-order valence-electron chi connectivity index (χ2n) is 6.75. The van der Waals surface area contributed by atoms with Gasteiger partial charge in [0.15, 0.2) is 5.76 Å². The number of rotatable bonds is 7. The number of halogens is 4. The highest BCUT2D eigenvalue weighted by atomic mass is 35.5. The minimum Gasteiger partial charge on any atom is -0.484 e. The summed E-state index contributed by atoms with van der Waals surface area (Å²) in [4.78, 5) is 12.4. The van der Waals surface area contributed by atoms with E-state index in [0.717, 1.165) is 6.07 Å². The monoisotopic (exact) mass is 477 g/mol. The number of hydrogen-bond donors (Lipinski definition) is 1. The van der Waals surface area contributed by atoms with Gasteiger partial charge in [0, 0.05) is 11.2 Å². The van der Waals surface area contributed by atoms with E-state index in [1.54, 1.807) is 23.0 Å². The molecule has 0 atom stereocenters. The van der Waals surface area contributed by atoms with E-state index in [9.17, 15) is 13.6 Å². The fourth-order valence-electron chi connectivity index (χ4n) is 2.85. The molecule has 1 N–H and O–H groups in total. The van der Waals surface area contributed by atoms with Crippen LogP contribution in [0, 0.1) is 11.6 Å². The van der Waals surface area contributed by atoms with Gasteiger partial charge in [-0.15, -0.1) is 0 Å². The smallest absolute Gasteiger partial charge is 0.291 e. The number of furan rings is 1. The summed E-state index contributed by atoms with van der Waals surface area (Å²) in [6, 6.07) is 11.0. The van der Waals surface area contributed by atoms with E-state index >= 15 is 0 Å². The molecule has 0 radical (unpaired) electrons. The molecule has 2 aromatic carbocycles. The van der Waals surface area contributed by atoms with Gasteiger partial charge < -0.3 is 14.5 Å². The van der Waals surface area contributed by atoms with Crippen molar-refractivity contribution in [3.8, 4) is 5.75 Å². The lowest BCUT2D eigenvalue weighted by Gasteiger charge is -2.06. The van der Waals surface area contributed by atoms with E-state index in [1.165, 1.54) is 36.5 Å². The molecule has 32 heavy (non-hydrogen) atoms. The topological polar surface area (TPSA) is 69.3 Å². The summed E-state index contributed by atoms with van der Waals surface area (Å²) in [5, 5.41) is 7.27. The Morgan fingerprint density at radius 1 is 1.06 bits per heavy atom. The van der Waals surface area contributed by atoms with Crippen LogP contribution in [0.5, 0.6) is 5.75 Å². The van der Waals surface area contributed by atoms with E-state index in [-0.39, 0.29) is 17.4 Å². The number of aromatic nitrogens is 2. The van der Waals surface area contributed by atoms with Crippen LogP contribution in [0.3, 0.4) is 0 Å². The normalized spacial score (nSPS) is 10.9. The molecule has 0 fully saturated rings. The molecule has 0 spiro atoms. The molecule has 0 saturated heterocycles. The minimum atomic E-state index is -0.476. The van der Waals surface area contributed by atoms with E-state index in [2.05, 4.69) is 10.4 Å². The van der Waals surface area contributed by atoms with Gasteiger partial charge in [-0.2, -0.15) is 5.10 Å². The third-order valence-electron chi connectivity index (χ3n) is 4.39. The number of anilines is 1. The van der Waals surface area contributed by atoms with Gasteiger partial charge in [0.2, 0.25) is 0 Å². The minimum absolute atomic E-state index is 0.00892. The number of hydrogen-bond acceptors (Lipinski definition) is 4. The third-order valence-corrected chi connectivity index (χ3v) is 5.04. The average Bonchev–Trinajstić information content (AvgIpc) is 3.39. The predicted molar refractivity (Wildman–Crippen MR) is 115 cm³/mol. The summed E-state index contributed by atoms with van der Waals surface area (Å²) >= 11 is 12.0. The lowest BCUT2D eigenvalue weighted by atomic mass is 10.2. The van der Waals surface area contributed by atoms with Crippen molar-refractivity contribution in [2.75, 3.05) is 5.32 Å². The number of ether oxygens (including phenoxy) is 1. The molecule has 10 heteroatoms. The van der Waals surface area contributed by atoms with Crippen molar-refractivity contribution in [1.29, 1.82) is 0 Å². The Morgan fingerprint density at radius 2 is 1.81 bits per heavy atom. The number of benzene rings is 2. The molecule has 2 heterocycles. The van der Waals surface area contributed by atoms with Crippen molar-refractivity contribution in [2.45, 2.75) is 13.2 Å². The van der Waals surface area contributed by atoms with Gasteiger partial charge in [0.05, 0.1) is 23.5 Å². The highest BCUT2D eigenvalue weighted by molar-refractivity contribution is 6.32. The summed E-state index contributed by atoms with van der Waals surface area (Å²) in [5.41, 5.74) is 1.13. The third kappa shape index (κ3) is 5.27. The summed E-state index contributed by atoms with van der Waals surface area (Å²) in [7, 11) is 0. The molecule has 1 amide bonds. The van der Waals surface area contributed by atoms with E-state index in [1.807, 2.05) is 0 Å². The molecule has 2 aromatic heterocycles. The zero-order chi connectivity index (χ0) is 22.7. The maximum atomic E-state index is 13.2. The molecule has 164 valence electrons. The van der Waals surface area contributed by atoms with Crippen molar-refractivity contribution < 1.29 is 22.7 Å². The highest BCUT2D eigenvalue weighted by Crippen LogP contribution is 2.26. The molecule has 0 aliphatic rings. The van der Waals surface area contributed by atoms with E-state index < -0.39 is 17.5 Å². The Labute approximate surface area is 191 Å². The average molecular weight is 478 g/mol.